The highest BCUT2D eigenvalue weighted by Gasteiger charge is 2.31. The third-order valence-corrected chi connectivity index (χ3v) is 6.24. The van der Waals surface area contributed by atoms with Gasteiger partial charge in [-0.05, 0) is 57.3 Å². The van der Waals surface area contributed by atoms with Crippen LogP contribution in [0.2, 0.25) is 0 Å². The van der Waals surface area contributed by atoms with E-state index in [1.165, 1.54) is 38.9 Å². The van der Waals surface area contributed by atoms with E-state index in [0.717, 1.165) is 12.8 Å². The summed E-state index contributed by atoms with van der Waals surface area (Å²) in [4.78, 5) is 42.1. The van der Waals surface area contributed by atoms with E-state index in [1.54, 1.807) is 30.3 Å². The van der Waals surface area contributed by atoms with Crippen LogP contribution >= 0.6 is 0 Å². The second-order valence-corrected chi connectivity index (χ2v) is 9.37. The van der Waals surface area contributed by atoms with Crippen LogP contribution in [0.1, 0.15) is 24.4 Å². The van der Waals surface area contributed by atoms with Crippen molar-refractivity contribution in [1.82, 2.24) is 18.6 Å². The third kappa shape index (κ3) is 4.59. The summed E-state index contributed by atoms with van der Waals surface area (Å²) in [5.74, 6) is 5.30. The molecule has 0 spiro atoms. The molecule has 5 rings (SSSR count). The number of para-hydroxylation sites is 1. The number of nitrogens with one attached hydrogen (secondary N) is 1. The minimum absolute atomic E-state index is 0.0857. The lowest BCUT2D eigenvalue weighted by Gasteiger charge is -2.19. The number of hydrogen-bond acceptors (Lipinski definition) is 5. The molecule has 1 aliphatic rings. The fourth-order valence-electron chi connectivity index (χ4n) is 4.27. The lowest BCUT2D eigenvalue weighted by Crippen LogP contribution is -2.41. The van der Waals surface area contributed by atoms with Crippen LogP contribution in [0.4, 0.5) is 15.8 Å². The molecule has 9 heteroatoms. The molecule has 1 saturated carbocycles. The van der Waals surface area contributed by atoms with Gasteiger partial charge in [-0.15, -0.1) is 0 Å². The average molecular weight is 500 g/mol. The maximum absolute atomic E-state index is 15.1. The zero-order valence-electron chi connectivity index (χ0n) is 20.8. The summed E-state index contributed by atoms with van der Waals surface area (Å²) < 4.78 is 19.0. The Kier molecular flexibility index (Phi) is 6.27. The molecule has 0 atom stereocenters. The average Bonchev–Trinajstić information content (AvgIpc) is 3.69. The van der Waals surface area contributed by atoms with Crippen LogP contribution in [0.25, 0.3) is 16.7 Å². The molecule has 0 radical (unpaired) electrons. The first-order valence-corrected chi connectivity index (χ1v) is 11.9. The van der Waals surface area contributed by atoms with Crippen molar-refractivity contribution >= 4 is 22.4 Å². The van der Waals surface area contributed by atoms with E-state index in [4.69, 9.17) is 0 Å². The summed E-state index contributed by atoms with van der Waals surface area (Å²) in [7, 11) is 5.30. The van der Waals surface area contributed by atoms with Gasteiger partial charge >= 0.3 is 5.69 Å². The van der Waals surface area contributed by atoms with Crippen LogP contribution in [-0.4, -0.2) is 39.2 Å². The number of halogens is 1. The highest BCUT2D eigenvalue weighted by molar-refractivity contribution is 5.91. The Labute approximate surface area is 212 Å². The van der Waals surface area contributed by atoms with E-state index in [2.05, 4.69) is 17.2 Å². The normalized spacial score (nSPS) is 13.0. The molecule has 4 aromatic rings. The molecular weight excluding hydrogens is 473 g/mol. The fourth-order valence-corrected chi connectivity index (χ4v) is 4.27. The van der Waals surface area contributed by atoms with Gasteiger partial charge in [-0.25, -0.2) is 13.8 Å². The molecule has 2 heterocycles. The predicted octanol–water partition coefficient (Wildman–Crippen LogP) is 2.98. The first kappa shape index (κ1) is 24.3. The molecule has 1 fully saturated rings. The van der Waals surface area contributed by atoms with Crippen LogP contribution in [0, 0.1) is 17.7 Å². The lowest BCUT2D eigenvalue weighted by molar-refractivity contribution is 0.464. The number of benzene rings is 2. The first-order chi connectivity index (χ1) is 17.8. The summed E-state index contributed by atoms with van der Waals surface area (Å²) in [6, 6.07) is 14.4. The summed E-state index contributed by atoms with van der Waals surface area (Å²) in [6.07, 6.45) is 1.43. The fraction of sp³-hybridized carbons (Fsp3) is 0.250. The molecule has 1 aliphatic carbocycles. The number of fused-ring (bicyclic) bond motifs is 1. The van der Waals surface area contributed by atoms with E-state index >= 15 is 4.39 Å². The molecule has 0 amide bonds. The number of anilines is 2. The molecule has 2 aromatic heterocycles. The maximum Gasteiger partial charge on any atom is 0.337 e. The van der Waals surface area contributed by atoms with Gasteiger partial charge in [0.25, 0.3) is 11.1 Å². The van der Waals surface area contributed by atoms with Crippen LogP contribution in [-0.2, 0) is 7.05 Å². The van der Waals surface area contributed by atoms with Crippen molar-refractivity contribution in [3.63, 3.8) is 0 Å². The number of aromatic nitrogens is 3. The molecule has 37 heavy (non-hydrogen) atoms. The van der Waals surface area contributed by atoms with Crippen molar-refractivity contribution in [3.05, 3.63) is 97.2 Å². The van der Waals surface area contributed by atoms with Crippen LogP contribution in [0.15, 0.2) is 69.0 Å². The van der Waals surface area contributed by atoms with Crippen molar-refractivity contribution in [2.45, 2.75) is 18.9 Å². The number of rotatable bonds is 5. The molecule has 2 aromatic carbocycles. The Balaban J connectivity index is 1.72. The van der Waals surface area contributed by atoms with Gasteiger partial charge < -0.3 is 5.32 Å². The minimum atomic E-state index is -0.579. The monoisotopic (exact) mass is 499 g/mol. The van der Waals surface area contributed by atoms with Gasteiger partial charge in [0.05, 0.1) is 23.6 Å². The van der Waals surface area contributed by atoms with Gasteiger partial charge in [0.2, 0.25) is 0 Å². The Morgan fingerprint density at radius 3 is 2.41 bits per heavy atom. The number of pyridine rings is 1. The van der Waals surface area contributed by atoms with Crippen molar-refractivity contribution < 1.29 is 4.39 Å². The molecule has 1 N–H and O–H groups in total. The summed E-state index contributed by atoms with van der Waals surface area (Å²) >= 11 is 0. The molecule has 0 bridgehead atoms. The second kappa shape index (κ2) is 9.56. The van der Waals surface area contributed by atoms with Crippen molar-refractivity contribution in [1.29, 1.82) is 0 Å². The maximum atomic E-state index is 15.1. The third-order valence-electron chi connectivity index (χ3n) is 6.24. The van der Waals surface area contributed by atoms with Crippen molar-refractivity contribution in [2.75, 3.05) is 26.0 Å². The van der Waals surface area contributed by atoms with Crippen LogP contribution < -0.4 is 22.1 Å². The van der Waals surface area contributed by atoms with Crippen molar-refractivity contribution in [3.8, 4) is 17.5 Å². The van der Waals surface area contributed by atoms with E-state index in [1.807, 2.05) is 25.1 Å². The number of aryl methyl sites for hydroxylation is 1. The highest BCUT2D eigenvalue weighted by atomic mass is 19.1. The molecule has 0 unspecified atom stereocenters. The second-order valence-electron chi connectivity index (χ2n) is 9.37. The van der Waals surface area contributed by atoms with E-state index < -0.39 is 22.6 Å². The molecule has 0 aliphatic heterocycles. The van der Waals surface area contributed by atoms with Gasteiger partial charge in [0.15, 0.2) is 0 Å². The molecule has 8 nitrogen and oxygen atoms in total. The number of hydrogen-bond donors (Lipinski definition) is 1. The Morgan fingerprint density at radius 1 is 1.03 bits per heavy atom. The quantitative estimate of drug-likeness (QED) is 0.427. The smallest absolute Gasteiger partial charge is 0.337 e. The zero-order valence-corrected chi connectivity index (χ0v) is 20.8. The van der Waals surface area contributed by atoms with Gasteiger partial charge in [-0.3, -0.25) is 23.6 Å². The van der Waals surface area contributed by atoms with Crippen molar-refractivity contribution in [2.24, 2.45) is 7.05 Å². The molecule has 0 saturated heterocycles. The first-order valence-electron chi connectivity index (χ1n) is 11.9. The topological polar surface area (TPSA) is 81.3 Å². The lowest BCUT2D eigenvalue weighted by atomic mass is 10.1. The van der Waals surface area contributed by atoms with Gasteiger partial charge in [0, 0.05) is 24.7 Å². The summed E-state index contributed by atoms with van der Waals surface area (Å²) in [5.41, 5.74) is -0.0906. The Hall–Kier alpha value is -4.42. The SMILES string of the molecule is CN(C)CC#Cc1ccc(Nc2cc(=O)n(C)c3c2c(=O)n(C2CC2)c(=O)n3-c2ccccc2)c(F)c1. The van der Waals surface area contributed by atoms with Gasteiger partial charge in [-0.2, -0.15) is 0 Å². The van der Waals surface area contributed by atoms with Crippen LogP contribution in [0.5, 0.6) is 0 Å². The standard InChI is InChI=1S/C28H26FN5O3/c1-31(2)15-7-8-18-11-14-22(21(29)16-18)30-23-17-24(35)32(3)26-25(23)27(36)34(20-12-13-20)28(37)33(26)19-9-5-4-6-10-19/h4-6,9-11,14,16-17,20,30H,12-13,15H2,1-3H3. The number of nitrogens with zero attached hydrogens (tertiary/aromatic N) is 4. The summed E-state index contributed by atoms with van der Waals surface area (Å²) in [6.45, 7) is 0.539. The highest BCUT2D eigenvalue weighted by Crippen LogP contribution is 2.33. The van der Waals surface area contributed by atoms with E-state index in [9.17, 15) is 14.4 Å². The van der Waals surface area contributed by atoms with Gasteiger partial charge in [-0.1, -0.05) is 30.0 Å². The van der Waals surface area contributed by atoms with E-state index in [0.29, 0.717) is 17.8 Å². The molecule has 188 valence electrons. The zero-order chi connectivity index (χ0) is 26.3. The predicted molar refractivity (Wildman–Crippen MR) is 142 cm³/mol. The Bertz CT molecular complexity index is 1750. The molecular formula is C28H26FN5O3. The largest absolute Gasteiger partial charge is 0.352 e. The van der Waals surface area contributed by atoms with Crippen LogP contribution in [0.3, 0.4) is 0 Å². The van der Waals surface area contributed by atoms with E-state index in [-0.39, 0.29) is 28.5 Å². The Morgan fingerprint density at radius 2 is 1.76 bits per heavy atom. The summed E-state index contributed by atoms with van der Waals surface area (Å²) in [5, 5.41) is 3.07. The van der Waals surface area contributed by atoms with Gasteiger partial charge in [0.1, 0.15) is 16.9 Å². The minimum Gasteiger partial charge on any atom is -0.352 e.